The summed E-state index contributed by atoms with van der Waals surface area (Å²) in [5, 5.41) is 24.0. The van der Waals surface area contributed by atoms with Gasteiger partial charge < -0.3 is 19.8 Å². The van der Waals surface area contributed by atoms with Crippen LogP contribution in [0, 0.1) is 5.92 Å². The van der Waals surface area contributed by atoms with E-state index in [1.165, 1.54) is 29.8 Å². The van der Waals surface area contributed by atoms with Crippen molar-refractivity contribution in [2.24, 2.45) is 5.92 Å². The summed E-state index contributed by atoms with van der Waals surface area (Å²) in [5.41, 5.74) is 0.664. The lowest BCUT2D eigenvalue weighted by molar-refractivity contribution is -0.224. The number of carbonyl (C=O) groups excluding carboxylic acids is 1. The standard InChI is InChI=1S/C36H37F3N2O4/c1-22-19-27(40(2)30(43)14-11-24-9-6-10-26(20-24)36(37,38)39)33-34-16-18-41(17-15-23-7-4-3-5-8-23)29(35(22,34)44)21-25-12-13-28(42)32(45-33)31(25)34/h3-14,20,22,27,29,33,42,44H,15-19,21H2,1-2H3/t22-,27-,29+,33+,34-,35+/m0/s1. The number of nitrogens with zero attached hydrogens (tertiary/aromatic N) is 2. The molecule has 0 unspecified atom stereocenters. The summed E-state index contributed by atoms with van der Waals surface area (Å²) in [7, 11) is 1.68. The van der Waals surface area contributed by atoms with E-state index in [0.717, 1.165) is 42.8 Å². The molecule has 1 amide bonds. The topological polar surface area (TPSA) is 73.2 Å². The van der Waals surface area contributed by atoms with Gasteiger partial charge in [-0.15, -0.1) is 0 Å². The van der Waals surface area contributed by atoms with Crippen molar-refractivity contribution in [3.63, 3.8) is 0 Å². The molecule has 0 aromatic heterocycles. The molecule has 1 saturated heterocycles. The molecular weight excluding hydrogens is 581 g/mol. The lowest BCUT2D eigenvalue weighted by Crippen LogP contribution is -2.80. The van der Waals surface area contributed by atoms with Gasteiger partial charge in [-0.2, -0.15) is 13.2 Å². The van der Waals surface area contributed by atoms with E-state index in [1.807, 2.05) is 31.2 Å². The minimum Gasteiger partial charge on any atom is -0.504 e. The largest absolute Gasteiger partial charge is 0.504 e. The van der Waals surface area contributed by atoms with Crippen LogP contribution in [0.2, 0.25) is 0 Å². The van der Waals surface area contributed by atoms with Gasteiger partial charge in [0, 0.05) is 31.3 Å². The second-order valence-corrected chi connectivity index (χ2v) is 13.1. The summed E-state index contributed by atoms with van der Waals surface area (Å²) in [5.74, 6) is -0.166. The molecule has 9 heteroatoms. The zero-order valence-corrected chi connectivity index (χ0v) is 25.3. The van der Waals surface area contributed by atoms with Crippen LogP contribution in [-0.2, 0) is 29.2 Å². The first-order chi connectivity index (χ1) is 21.4. The quantitative estimate of drug-likeness (QED) is 0.353. The number of alkyl halides is 3. The van der Waals surface area contributed by atoms with Gasteiger partial charge in [0.2, 0.25) is 5.91 Å². The summed E-state index contributed by atoms with van der Waals surface area (Å²) in [6.07, 6.45) is 0.172. The molecule has 2 aliphatic heterocycles. The number of halogens is 3. The van der Waals surface area contributed by atoms with E-state index in [0.29, 0.717) is 25.0 Å². The third-order valence-corrected chi connectivity index (χ3v) is 11.0. The number of carbonyl (C=O) groups is 1. The molecule has 6 nitrogen and oxygen atoms in total. The molecule has 2 N–H and O–H groups in total. The lowest BCUT2D eigenvalue weighted by atomic mass is 9.45. The summed E-state index contributed by atoms with van der Waals surface area (Å²) in [4.78, 5) is 17.6. The number of likely N-dealkylation sites (N-methyl/N-ethyl adjacent to an activating group) is 1. The van der Waals surface area contributed by atoms with Crippen LogP contribution in [0.15, 0.2) is 72.8 Å². The highest BCUT2D eigenvalue weighted by Crippen LogP contribution is 2.67. The molecule has 236 valence electrons. The number of aliphatic hydroxyl groups is 1. The molecular formula is C36H37F3N2O4. The fourth-order valence-corrected chi connectivity index (χ4v) is 8.85. The van der Waals surface area contributed by atoms with Crippen LogP contribution < -0.4 is 4.74 Å². The molecule has 3 aromatic carbocycles. The van der Waals surface area contributed by atoms with Crippen LogP contribution in [0.1, 0.15) is 47.6 Å². The van der Waals surface area contributed by atoms with Crippen LogP contribution in [-0.4, -0.2) is 69.8 Å². The van der Waals surface area contributed by atoms with E-state index in [9.17, 15) is 28.2 Å². The molecule has 1 spiro atoms. The van der Waals surface area contributed by atoms with Crippen molar-refractivity contribution in [3.05, 3.63) is 101 Å². The Kier molecular flexibility index (Phi) is 7.05. The number of aromatic hydroxyl groups is 1. The van der Waals surface area contributed by atoms with Gasteiger partial charge in [0.1, 0.15) is 6.10 Å². The Hall–Kier alpha value is -3.82. The minimum absolute atomic E-state index is 0.0228. The molecule has 2 fully saturated rings. The molecule has 2 bridgehead atoms. The van der Waals surface area contributed by atoms with Gasteiger partial charge in [-0.3, -0.25) is 9.69 Å². The molecule has 3 aromatic rings. The first-order valence-corrected chi connectivity index (χ1v) is 15.6. The van der Waals surface area contributed by atoms with Crippen molar-refractivity contribution < 1.29 is 32.9 Å². The first-order valence-electron chi connectivity index (χ1n) is 15.6. The average Bonchev–Trinajstić information content (AvgIpc) is 3.38. The number of likely N-dealkylation sites (tertiary alicyclic amines) is 1. The molecule has 0 radical (unpaired) electrons. The first kappa shape index (κ1) is 29.9. The Bertz CT molecular complexity index is 1660. The Morgan fingerprint density at radius 1 is 1.13 bits per heavy atom. The number of hydrogen-bond acceptors (Lipinski definition) is 5. The van der Waals surface area contributed by atoms with Crippen molar-refractivity contribution >= 4 is 12.0 Å². The predicted octanol–water partition coefficient (Wildman–Crippen LogP) is 5.59. The van der Waals surface area contributed by atoms with Crippen molar-refractivity contribution in [3.8, 4) is 11.5 Å². The maximum Gasteiger partial charge on any atom is 0.416 e. The van der Waals surface area contributed by atoms with Crippen molar-refractivity contribution in [2.75, 3.05) is 20.1 Å². The Balaban J connectivity index is 1.21. The molecule has 6 atom stereocenters. The van der Waals surface area contributed by atoms with Crippen LogP contribution >= 0.6 is 0 Å². The molecule has 2 heterocycles. The number of benzene rings is 3. The van der Waals surface area contributed by atoms with Gasteiger partial charge in [-0.25, -0.2) is 0 Å². The number of ether oxygens (including phenoxy) is 1. The normalized spacial score (nSPS) is 30.2. The third-order valence-electron chi connectivity index (χ3n) is 11.0. The van der Waals surface area contributed by atoms with Gasteiger partial charge in [0.05, 0.1) is 22.6 Å². The van der Waals surface area contributed by atoms with Gasteiger partial charge in [-0.1, -0.05) is 55.5 Å². The van der Waals surface area contributed by atoms with E-state index in [-0.39, 0.29) is 29.2 Å². The Morgan fingerprint density at radius 3 is 2.67 bits per heavy atom. The van der Waals surface area contributed by atoms with Crippen LogP contribution in [0.25, 0.3) is 6.08 Å². The smallest absolute Gasteiger partial charge is 0.416 e. The average molecular weight is 619 g/mol. The second-order valence-electron chi connectivity index (χ2n) is 13.1. The number of phenolic OH excluding ortho intramolecular Hbond substituents is 1. The third kappa shape index (κ3) is 4.49. The van der Waals surface area contributed by atoms with Crippen LogP contribution in [0.5, 0.6) is 11.5 Å². The Morgan fingerprint density at radius 2 is 1.91 bits per heavy atom. The van der Waals surface area contributed by atoms with E-state index < -0.39 is 34.9 Å². The fraction of sp³-hybridized carbons (Fsp3) is 0.417. The number of rotatable bonds is 6. The van der Waals surface area contributed by atoms with E-state index in [4.69, 9.17) is 4.74 Å². The molecule has 1 saturated carbocycles. The van der Waals surface area contributed by atoms with E-state index in [2.05, 4.69) is 17.0 Å². The summed E-state index contributed by atoms with van der Waals surface area (Å²) in [6, 6.07) is 18.2. The SMILES string of the molecule is C[C@H]1C[C@H](N(C)C(=O)C=Cc2cccc(C(F)(F)F)c2)[C@H]2Oc3c(O)ccc4c3[C@@]23CCN(CCc2ccccc2)[C@H](C4)[C@]13O. The highest BCUT2D eigenvalue weighted by Gasteiger charge is 2.75. The number of hydrogen-bond donors (Lipinski definition) is 2. The Labute approximate surface area is 260 Å². The van der Waals surface area contributed by atoms with E-state index in [1.54, 1.807) is 18.0 Å². The molecule has 4 aliphatic rings. The highest BCUT2D eigenvalue weighted by molar-refractivity contribution is 5.92. The van der Waals surface area contributed by atoms with Gasteiger partial charge in [-0.05, 0) is 79.1 Å². The maximum atomic E-state index is 13.6. The molecule has 7 rings (SSSR count). The molecule has 45 heavy (non-hydrogen) atoms. The predicted molar refractivity (Wildman–Crippen MR) is 164 cm³/mol. The maximum absolute atomic E-state index is 13.6. The second kappa shape index (κ2) is 10.6. The lowest BCUT2D eigenvalue weighted by Gasteiger charge is -2.66. The zero-order valence-electron chi connectivity index (χ0n) is 25.3. The highest BCUT2D eigenvalue weighted by atomic mass is 19.4. The van der Waals surface area contributed by atoms with Crippen molar-refractivity contribution in [1.82, 2.24) is 9.80 Å². The fourth-order valence-electron chi connectivity index (χ4n) is 8.85. The monoisotopic (exact) mass is 618 g/mol. The van der Waals surface area contributed by atoms with Crippen molar-refractivity contribution in [2.45, 2.75) is 68.0 Å². The van der Waals surface area contributed by atoms with Crippen molar-refractivity contribution in [1.29, 1.82) is 0 Å². The summed E-state index contributed by atoms with van der Waals surface area (Å²) in [6.45, 7) is 3.58. The van der Waals surface area contributed by atoms with Gasteiger partial charge >= 0.3 is 6.18 Å². The van der Waals surface area contributed by atoms with Crippen LogP contribution in [0.3, 0.4) is 0 Å². The molecule has 2 aliphatic carbocycles. The number of piperidine rings is 1. The minimum atomic E-state index is -4.48. The van der Waals surface area contributed by atoms with E-state index >= 15 is 0 Å². The van der Waals surface area contributed by atoms with Crippen LogP contribution in [0.4, 0.5) is 13.2 Å². The zero-order chi connectivity index (χ0) is 31.7. The summed E-state index contributed by atoms with van der Waals surface area (Å²) < 4.78 is 46.3. The van der Waals surface area contributed by atoms with Gasteiger partial charge in [0.25, 0.3) is 0 Å². The number of amides is 1. The number of phenols is 1. The van der Waals surface area contributed by atoms with Gasteiger partial charge in [0.15, 0.2) is 11.5 Å². The summed E-state index contributed by atoms with van der Waals surface area (Å²) >= 11 is 0.